The lowest BCUT2D eigenvalue weighted by molar-refractivity contribution is -0.129. The number of aromatic nitrogens is 4. The molecule has 0 bridgehead atoms. The van der Waals surface area contributed by atoms with Crippen molar-refractivity contribution in [3.05, 3.63) is 43.0 Å². The first-order valence-electron chi connectivity index (χ1n) is 8.63. The zero-order valence-corrected chi connectivity index (χ0v) is 16.2. The lowest BCUT2D eigenvalue weighted by Gasteiger charge is -2.33. The van der Waals surface area contributed by atoms with E-state index in [9.17, 15) is 4.79 Å². The molecule has 26 heavy (non-hydrogen) atoms. The fraction of sp³-hybridized carbons (Fsp3) is 0.474. The summed E-state index contributed by atoms with van der Waals surface area (Å²) in [5, 5.41) is 8.39. The molecule has 0 saturated carbocycles. The zero-order chi connectivity index (χ0) is 19.5. The molecular weight excluding hydrogens is 330 g/mol. The van der Waals surface area contributed by atoms with Crippen LogP contribution in [0.15, 0.2) is 41.7 Å². The minimum absolute atomic E-state index is 0.0440. The molecule has 0 aliphatic rings. The van der Waals surface area contributed by atoms with Crippen molar-refractivity contribution in [1.29, 1.82) is 0 Å². The average Bonchev–Trinajstić information content (AvgIpc) is 3.28. The molecule has 7 heteroatoms. The Morgan fingerprint density at radius 3 is 2.77 bits per heavy atom. The summed E-state index contributed by atoms with van der Waals surface area (Å²) in [4.78, 5) is 17.9. The number of nitrogens with zero attached hydrogens (tertiary/aromatic N) is 5. The third kappa shape index (κ3) is 3.61. The van der Waals surface area contributed by atoms with Gasteiger partial charge in [0, 0.05) is 20.3 Å². The Balaban J connectivity index is 2.31. The molecule has 0 radical (unpaired) electrons. The third-order valence-electron chi connectivity index (χ3n) is 5.08. The molecule has 2 unspecified atom stereocenters. The average molecular weight is 357 g/mol. The van der Waals surface area contributed by atoms with Gasteiger partial charge in [-0.2, -0.15) is 10.1 Å². The molecule has 140 valence electrons. The number of allylic oxidation sites excluding steroid dienone is 2. The fourth-order valence-electron chi connectivity index (χ4n) is 2.69. The lowest BCUT2D eigenvalue weighted by atomic mass is 9.71. The predicted molar refractivity (Wildman–Crippen MR) is 100 cm³/mol. The molecule has 2 heterocycles. The summed E-state index contributed by atoms with van der Waals surface area (Å²) in [5.74, 6) is 1.16. The highest BCUT2D eigenvalue weighted by molar-refractivity contribution is 5.75. The van der Waals surface area contributed by atoms with E-state index in [2.05, 4.69) is 49.2 Å². The topological polar surface area (TPSA) is 77.0 Å². The van der Waals surface area contributed by atoms with E-state index in [1.165, 1.54) is 4.90 Å². The summed E-state index contributed by atoms with van der Waals surface area (Å²) in [7, 11) is 3.42. The molecule has 2 aromatic rings. The zero-order valence-electron chi connectivity index (χ0n) is 16.2. The molecule has 2 rings (SSSR count). The van der Waals surface area contributed by atoms with E-state index in [1.807, 2.05) is 0 Å². The van der Waals surface area contributed by atoms with E-state index in [4.69, 9.17) is 4.52 Å². The number of likely N-dealkylation sites (N-methyl/N-ethyl adjacent to an activating group) is 1. The third-order valence-corrected chi connectivity index (χ3v) is 5.08. The summed E-state index contributed by atoms with van der Waals surface area (Å²) < 4.78 is 7.02. The first-order chi connectivity index (χ1) is 12.2. The number of carbonyl (C=O) groups excluding carboxylic acids is 1. The van der Waals surface area contributed by atoms with E-state index in [-0.39, 0.29) is 18.4 Å². The summed E-state index contributed by atoms with van der Waals surface area (Å²) >= 11 is 0. The van der Waals surface area contributed by atoms with Crippen LogP contribution in [0.5, 0.6) is 0 Å². The van der Waals surface area contributed by atoms with Gasteiger partial charge in [0.15, 0.2) is 5.82 Å². The van der Waals surface area contributed by atoms with Gasteiger partial charge in [-0.15, -0.1) is 0 Å². The summed E-state index contributed by atoms with van der Waals surface area (Å²) in [6.07, 6.45) is 6.02. The fourth-order valence-corrected chi connectivity index (χ4v) is 2.69. The van der Waals surface area contributed by atoms with Crippen LogP contribution in [0.25, 0.3) is 11.5 Å². The molecule has 2 aromatic heterocycles. The van der Waals surface area contributed by atoms with Gasteiger partial charge < -0.3 is 9.42 Å². The number of amides is 1. The Morgan fingerprint density at radius 1 is 1.50 bits per heavy atom. The Morgan fingerprint density at radius 2 is 2.19 bits per heavy atom. The number of carbonyl (C=O) groups is 1. The van der Waals surface area contributed by atoms with Gasteiger partial charge in [0.2, 0.25) is 5.91 Å². The Bertz CT molecular complexity index is 804. The van der Waals surface area contributed by atoms with Gasteiger partial charge in [-0.05, 0) is 18.4 Å². The highest BCUT2D eigenvalue weighted by Gasteiger charge is 2.38. The van der Waals surface area contributed by atoms with Crippen LogP contribution in [0.4, 0.5) is 0 Å². The normalized spacial score (nSPS) is 14.5. The van der Waals surface area contributed by atoms with Crippen LogP contribution in [0.1, 0.15) is 33.0 Å². The highest BCUT2D eigenvalue weighted by Crippen LogP contribution is 2.39. The molecule has 0 N–H and O–H groups in total. The van der Waals surface area contributed by atoms with Gasteiger partial charge >= 0.3 is 0 Å². The van der Waals surface area contributed by atoms with Crippen molar-refractivity contribution in [1.82, 2.24) is 24.8 Å². The van der Waals surface area contributed by atoms with Gasteiger partial charge in [0.05, 0.1) is 17.2 Å². The Labute approximate surface area is 154 Å². The monoisotopic (exact) mass is 357 g/mol. The summed E-state index contributed by atoms with van der Waals surface area (Å²) in [6, 6.07) is 0. The summed E-state index contributed by atoms with van der Waals surface area (Å²) in [6.45, 7) is 14.4. The van der Waals surface area contributed by atoms with Crippen molar-refractivity contribution in [3.8, 4) is 11.5 Å². The van der Waals surface area contributed by atoms with E-state index in [0.717, 1.165) is 12.0 Å². The second kappa shape index (κ2) is 7.68. The first-order valence-corrected chi connectivity index (χ1v) is 8.63. The molecule has 0 aliphatic heterocycles. The van der Waals surface area contributed by atoms with Gasteiger partial charge in [0.25, 0.3) is 5.89 Å². The van der Waals surface area contributed by atoms with E-state index in [0.29, 0.717) is 17.3 Å². The van der Waals surface area contributed by atoms with Crippen LogP contribution in [0.2, 0.25) is 0 Å². The first kappa shape index (κ1) is 19.6. The molecule has 0 saturated heterocycles. The predicted octanol–water partition coefficient (Wildman–Crippen LogP) is 3.07. The van der Waals surface area contributed by atoms with Crippen molar-refractivity contribution < 1.29 is 9.32 Å². The van der Waals surface area contributed by atoms with Crippen molar-refractivity contribution in [2.45, 2.75) is 39.2 Å². The van der Waals surface area contributed by atoms with Crippen LogP contribution in [0, 0.1) is 5.92 Å². The largest absolute Gasteiger partial charge is 0.347 e. The van der Waals surface area contributed by atoms with Crippen LogP contribution < -0.4 is 0 Å². The highest BCUT2D eigenvalue weighted by atomic mass is 16.5. The van der Waals surface area contributed by atoms with Crippen molar-refractivity contribution in [2.24, 2.45) is 5.92 Å². The van der Waals surface area contributed by atoms with Crippen molar-refractivity contribution in [2.75, 3.05) is 14.1 Å². The quantitative estimate of drug-likeness (QED) is 0.679. The maximum absolute atomic E-state index is 11.8. The lowest BCUT2D eigenvalue weighted by Crippen LogP contribution is -2.32. The standard InChI is InChI=1S/C19H27N5O2/c1-8-13(3)19(5,14(4)9-2)18-21-17(26-22-18)15-10-20-24(11-15)12-16(25)23(6)7/h8,10-11,14H,1,3,9,12H2,2,4-7H3. The number of rotatable bonds is 8. The smallest absolute Gasteiger partial charge is 0.261 e. The molecule has 1 amide bonds. The Hall–Kier alpha value is -2.70. The SMILES string of the molecule is C=CC(=C)C(C)(c1noc(-c2cnn(CC(=O)N(C)C)c2)n1)C(C)CC. The van der Waals surface area contributed by atoms with Crippen LogP contribution >= 0.6 is 0 Å². The number of hydrogen-bond donors (Lipinski definition) is 0. The van der Waals surface area contributed by atoms with Gasteiger partial charge in [-0.3, -0.25) is 9.48 Å². The Kier molecular flexibility index (Phi) is 5.79. The van der Waals surface area contributed by atoms with Crippen molar-refractivity contribution in [3.63, 3.8) is 0 Å². The van der Waals surface area contributed by atoms with E-state index >= 15 is 0 Å². The second-order valence-corrected chi connectivity index (χ2v) is 6.88. The molecule has 7 nitrogen and oxygen atoms in total. The van der Waals surface area contributed by atoms with Crippen LogP contribution in [-0.4, -0.2) is 44.8 Å². The number of hydrogen-bond acceptors (Lipinski definition) is 5. The van der Waals surface area contributed by atoms with E-state index < -0.39 is 5.41 Å². The van der Waals surface area contributed by atoms with Crippen LogP contribution in [-0.2, 0) is 16.8 Å². The van der Waals surface area contributed by atoms with E-state index in [1.54, 1.807) is 37.2 Å². The van der Waals surface area contributed by atoms with Crippen molar-refractivity contribution >= 4 is 5.91 Å². The minimum atomic E-state index is -0.463. The molecule has 0 spiro atoms. The maximum atomic E-state index is 11.8. The summed E-state index contributed by atoms with van der Waals surface area (Å²) in [5.41, 5.74) is 1.06. The second-order valence-electron chi connectivity index (χ2n) is 6.88. The van der Waals surface area contributed by atoms with Gasteiger partial charge in [-0.1, -0.05) is 44.7 Å². The molecule has 0 aromatic carbocycles. The molecule has 0 fully saturated rings. The van der Waals surface area contributed by atoms with Crippen LogP contribution in [0.3, 0.4) is 0 Å². The molecular formula is C19H27N5O2. The maximum Gasteiger partial charge on any atom is 0.261 e. The molecule has 0 aliphatic carbocycles. The van der Waals surface area contributed by atoms with Gasteiger partial charge in [0.1, 0.15) is 6.54 Å². The minimum Gasteiger partial charge on any atom is -0.347 e. The molecule has 2 atom stereocenters. The van der Waals surface area contributed by atoms with Gasteiger partial charge in [-0.25, -0.2) is 0 Å².